The molecule has 0 unspecified atom stereocenters. The molecule has 2 rings (SSSR count). The minimum absolute atomic E-state index is 0.00121. The molecular formula is C15H22N2O3. The number of rotatable bonds is 8. The normalized spacial score (nSPS) is 21.2. The van der Waals surface area contributed by atoms with Gasteiger partial charge in [0.25, 0.3) is 0 Å². The molecule has 0 saturated heterocycles. The van der Waals surface area contributed by atoms with E-state index in [0.717, 1.165) is 25.1 Å². The van der Waals surface area contributed by atoms with Gasteiger partial charge in [0.2, 0.25) is 5.91 Å². The molecule has 20 heavy (non-hydrogen) atoms. The largest absolute Gasteiger partial charge is 0.497 e. The predicted molar refractivity (Wildman–Crippen MR) is 76.8 cm³/mol. The lowest BCUT2D eigenvalue weighted by Crippen LogP contribution is -2.41. The number of hydrogen-bond donors (Lipinski definition) is 2. The van der Waals surface area contributed by atoms with Crippen LogP contribution in [-0.2, 0) is 9.53 Å². The summed E-state index contributed by atoms with van der Waals surface area (Å²) in [6.07, 6.45) is 2.26. The van der Waals surface area contributed by atoms with Crippen molar-refractivity contribution in [3.8, 4) is 5.75 Å². The average molecular weight is 278 g/mol. The molecule has 1 aliphatic carbocycles. The first-order valence-corrected chi connectivity index (χ1v) is 6.92. The highest BCUT2D eigenvalue weighted by atomic mass is 16.5. The summed E-state index contributed by atoms with van der Waals surface area (Å²) < 4.78 is 10.3. The summed E-state index contributed by atoms with van der Waals surface area (Å²) in [5.41, 5.74) is 6.32. The molecule has 110 valence electrons. The minimum atomic E-state index is -0.424. The van der Waals surface area contributed by atoms with E-state index in [-0.39, 0.29) is 6.61 Å². The maximum atomic E-state index is 10.5. The number of amides is 1. The summed E-state index contributed by atoms with van der Waals surface area (Å²) in [4.78, 5) is 10.5. The quantitative estimate of drug-likeness (QED) is 0.697. The molecular weight excluding hydrogens is 256 g/mol. The monoisotopic (exact) mass is 278 g/mol. The van der Waals surface area contributed by atoms with Crippen LogP contribution in [0.1, 0.15) is 24.3 Å². The molecule has 1 aromatic rings. The van der Waals surface area contributed by atoms with Gasteiger partial charge < -0.3 is 20.5 Å². The van der Waals surface area contributed by atoms with Crippen molar-refractivity contribution in [1.29, 1.82) is 0 Å². The standard InChI is InChI=1S/C15H22N2O3/c1-19-14-4-2-3-11(9-14)12-7-13(8-12)17-5-6-20-10-15(16)18/h2-4,9,12-13,17H,5-8,10H2,1H3,(H2,16,18). The molecule has 0 radical (unpaired) electrons. The Labute approximate surface area is 119 Å². The highest BCUT2D eigenvalue weighted by Gasteiger charge is 2.29. The van der Waals surface area contributed by atoms with Crippen molar-refractivity contribution in [2.45, 2.75) is 24.8 Å². The van der Waals surface area contributed by atoms with Gasteiger partial charge in [0.05, 0.1) is 13.7 Å². The number of benzene rings is 1. The van der Waals surface area contributed by atoms with Crippen LogP contribution in [0.2, 0.25) is 0 Å². The van der Waals surface area contributed by atoms with Crippen molar-refractivity contribution in [2.75, 3.05) is 26.9 Å². The van der Waals surface area contributed by atoms with Crippen LogP contribution >= 0.6 is 0 Å². The van der Waals surface area contributed by atoms with E-state index in [2.05, 4.69) is 17.4 Å². The van der Waals surface area contributed by atoms with E-state index in [9.17, 15) is 4.79 Å². The molecule has 5 heteroatoms. The van der Waals surface area contributed by atoms with E-state index < -0.39 is 5.91 Å². The molecule has 0 heterocycles. The van der Waals surface area contributed by atoms with Gasteiger partial charge in [0, 0.05) is 12.6 Å². The number of hydrogen-bond acceptors (Lipinski definition) is 4. The van der Waals surface area contributed by atoms with Gasteiger partial charge >= 0.3 is 0 Å². The van der Waals surface area contributed by atoms with Crippen LogP contribution in [0.15, 0.2) is 24.3 Å². The number of carbonyl (C=O) groups excluding carboxylic acids is 1. The number of carbonyl (C=O) groups is 1. The van der Waals surface area contributed by atoms with Crippen molar-refractivity contribution in [3.63, 3.8) is 0 Å². The second-order valence-electron chi connectivity index (χ2n) is 5.11. The Balaban J connectivity index is 1.63. The van der Waals surface area contributed by atoms with Gasteiger partial charge in [-0.05, 0) is 36.5 Å². The molecule has 0 aromatic heterocycles. The molecule has 0 aliphatic heterocycles. The Kier molecular flexibility index (Phi) is 5.38. The Morgan fingerprint density at radius 3 is 2.95 bits per heavy atom. The van der Waals surface area contributed by atoms with Crippen molar-refractivity contribution in [3.05, 3.63) is 29.8 Å². The summed E-state index contributed by atoms with van der Waals surface area (Å²) in [6.45, 7) is 1.27. The van der Waals surface area contributed by atoms with Gasteiger partial charge in [-0.2, -0.15) is 0 Å². The van der Waals surface area contributed by atoms with Crippen LogP contribution in [0.5, 0.6) is 5.75 Å². The molecule has 0 atom stereocenters. The third kappa shape index (κ3) is 4.21. The maximum Gasteiger partial charge on any atom is 0.243 e. The summed E-state index contributed by atoms with van der Waals surface area (Å²) in [7, 11) is 1.69. The third-order valence-corrected chi connectivity index (χ3v) is 3.63. The molecule has 1 amide bonds. The van der Waals surface area contributed by atoms with Crippen molar-refractivity contribution in [2.24, 2.45) is 5.73 Å². The minimum Gasteiger partial charge on any atom is -0.497 e. The van der Waals surface area contributed by atoms with E-state index in [1.165, 1.54) is 5.56 Å². The summed E-state index contributed by atoms with van der Waals surface area (Å²) in [6, 6.07) is 8.79. The third-order valence-electron chi connectivity index (χ3n) is 3.63. The van der Waals surface area contributed by atoms with Gasteiger partial charge in [-0.1, -0.05) is 12.1 Å². The smallest absolute Gasteiger partial charge is 0.243 e. The van der Waals surface area contributed by atoms with Gasteiger partial charge in [0.15, 0.2) is 0 Å². The number of methoxy groups -OCH3 is 1. The van der Waals surface area contributed by atoms with E-state index in [0.29, 0.717) is 18.6 Å². The van der Waals surface area contributed by atoms with Crippen molar-refractivity contribution in [1.82, 2.24) is 5.32 Å². The zero-order valence-electron chi connectivity index (χ0n) is 11.8. The fourth-order valence-corrected chi connectivity index (χ4v) is 2.46. The fourth-order valence-electron chi connectivity index (χ4n) is 2.46. The van der Waals surface area contributed by atoms with Gasteiger partial charge in [0.1, 0.15) is 12.4 Å². The fraction of sp³-hybridized carbons (Fsp3) is 0.533. The zero-order chi connectivity index (χ0) is 14.4. The Morgan fingerprint density at radius 1 is 1.45 bits per heavy atom. The lowest BCUT2D eigenvalue weighted by molar-refractivity contribution is -0.122. The van der Waals surface area contributed by atoms with Crippen LogP contribution < -0.4 is 15.8 Å². The number of nitrogens with two attached hydrogens (primary N) is 1. The zero-order valence-corrected chi connectivity index (χ0v) is 11.8. The Morgan fingerprint density at radius 2 is 2.25 bits per heavy atom. The summed E-state index contributed by atoms with van der Waals surface area (Å²) in [5.74, 6) is 1.10. The van der Waals surface area contributed by atoms with E-state index in [4.69, 9.17) is 15.2 Å². The summed E-state index contributed by atoms with van der Waals surface area (Å²) >= 11 is 0. The Hall–Kier alpha value is -1.59. The lowest BCUT2D eigenvalue weighted by atomic mass is 9.76. The second-order valence-corrected chi connectivity index (χ2v) is 5.11. The molecule has 0 bridgehead atoms. The number of ether oxygens (including phenoxy) is 2. The average Bonchev–Trinajstić information content (AvgIpc) is 2.40. The van der Waals surface area contributed by atoms with Crippen LogP contribution in [0.3, 0.4) is 0 Å². The van der Waals surface area contributed by atoms with E-state index >= 15 is 0 Å². The molecule has 1 saturated carbocycles. The Bertz CT molecular complexity index is 444. The van der Waals surface area contributed by atoms with Crippen LogP contribution in [0.25, 0.3) is 0 Å². The van der Waals surface area contributed by atoms with Crippen molar-refractivity contribution < 1.29 is 14.3 Å². The highest BCUT2D eigenvalue weighted by molar-refractivity contribution is 5.74. The molecule has 5 nitrogen and oxygen atoms in total. The van der Waals surface area contributed by atoms with Gasteiger partial charge in [-0.25, -0.2) is 0 Å². The van der Waals surface area contributed by atoms with Gasteiger partial charge in [-0.3, -0.25) is 4.79 Å². The highest BCUT2D eigenvalue weighted by Crippen LogP contribution is 2.37. The topological polar surface area (TPSA) is 73.6 Å². The first-order valence-electron chi connectivity index (χ1n) is 6.92. The first kappa shape index (κ1) is 14.8. The summed E-state index contributed by atoms with van der Waals surface area (Å²) in [5, 5.41) is 3.41. The molecule has 1 aliphatic rings. The number of primary amides is 1. The van der Waals surface area contributed by atoms with Crippen LogP contribution in [0.4, 0.5) is 0 Å². The van der Waals surface area contributed by atoms with Crippen molar-refractivity contribution >= 4 is 5.91 Å². The molecule has 3 N–H and O–H groups in total. The first-order chi connectivity index (χ1) is 9.69. The number of nitrogens with one attached hydrogen (secondary N) is 1. The van der Waals surface area contributed by atoms with E-state index in [1.54, 1.807) is 7.11 Å². The van der Waals surface area contributed by atoms with Gasteiger partial charge in [-0.15, -0.1) is 0 Å². The lowest BCUT2D eigenvalue weighted by Gasteiger charge is -2.36. The molecule has 1 fully saturated rings. The van der Waals surface area contributed by atoms with Crippen LogP contribution in [-0.4, -0.2) is 38.8 Å². The molecule has 1 aromatic carbocycles. The van der Waals surface area contributed by atoms with Crippen LogP contribution in [0, 0.1) is 0 Å². The SMILES string of the molecule is COc1cccc(C2CC(NCCOCC(N)=O)C2)c1. The van der Waals surface area contributed by atoms with E-state index in [1.807, 2.05) is 12.1 Å². The maximum absolute atomic E-state index is 10.5. The predicted octanol–water partition coefficient (Wildman–Crippen LogP) is 1.03. The second kappa shape index (κ2) is 7.26. The molecule has 0 spiro atoms.